The van der Waals surface area contributed by atoms with E-state index in [9.17, 15) is 14.4 Å². The van der Waals surface area contributed by atoms with Gasteiger partial charge in [0.25, 0.3) is 0 Å². The Morgan fingerprint density at radius 2 is 0.565 bits per heavy atom. The Hall–Kier alpha value is -1.59. The lowest BCUT2D eigenvalue weighted by Crippen LogP contribution is -2.30. The van der Waals surface area contributed by atoms with E-state index in [1.807, 2.05) is 0 Å². The van der Waals surface area contributed by atoms with Gasteiger partial charge in [-0.15, -0.1) is 0 Å². The van der Waals surface area contributed by atoms with Gasteiger partial charge in [-0.05, 0) is 37.0 Å². The molecule has 62 heavy (non-hydrogen) atoms. The summed E-state index contributed by atoms with van der Waals surface area (Å²) in [5.41, 5.74) is 0. The summed E-state index contributed by atoms with van der Waals surface area (Å²) in [6.07, 6.45) is 48.1. The van der Waals surface area contributed by atoms with E-state index in [0.29, 0.717) is 19.3 Å². The molecule has 0 aliphatic rings. The van der Waals surface area contributed by atoms with E-state index in [2.05, 4.69) is 41.5 Å². The molecule has 2 atom stereocenters. The van der Waals surface area contributed by atoms with Crippen molar-refractivity contribution < 1.29 is 28.6 Å². The van der Waals surface area contributed by atoms with E-state index in [4.69, 9.17) is 14.2 Å². The Morgan fingerprint density at radius 1 is 0.323 bits per heavy atom. The summed E-state index contributed by atoms with van der Waals surface area (Å²) >= 11 is 0. The van der Waals surface area contributed by atoms with E-state index in [0.717, 1.165) is 75.5 Å². The van der Waals surface area contributed by atoms with Gasteiger partial charge in [-0.2, -0.15) is 0 Å². The Morgan fingerprint density at radius 3 is 0.839 bits per heavy atom. The number of hydrogen-bond donors (Lipinski definition) is 0. The molecule has 1 unspecified atom stereocenters. The van der Waals surface area contributed by atoms with Gasteiger partial charge >= 0.3 is 17.9 Å². The topological polar surface area (TPSA) is 78.9 Å². The highest BCUT2D eigenvalue weighted by molar-refractivity contribution is 5.71. The molecule has 6 heteroatoms. The summed E-state index contributed by atoms with van der Waals surface area (Å²) < 4.78 is 16.8. The molecule has 0 fully saturated rings. The molecule has 0 spiro atoms. The zero-order valence-electron chi connectivity index (χ0n) is 42.7. The number of rotatable bonds is 49. The van der Waals surface area contributed by atoms with Crippen LogP contribution in [0.5, 0.6) is 0 Å². The van der Waals surface area contributed by atoms with Crippen molar-refractivity contribution >= 4 is 17.9 Å². The maximum atomic E-state index is 12.8. The van der Waals surface area contributed by atoms with Crippen LogP contribution in [0.25, 0.3) is 0 Å². The van der Waals surface area contributed by atoms with Crippen LogP contribution in [0.3, 0.4) is 0 Å². The zero-order chi connectivity index (χ0) is 45.6. The van der Waals surface area contributed by atoms with Gasteiger partial charge in [0.15, 0.2) is 6.10 Å². The minimum absolute atomic E-state index is 0.0647. The van der Waals surface area contributed by atoms with Gasteiger partial charge in [-0.25, -0.2) is 0 Å². The number of esters is 3. The van der Waals surface area contributed by atoms with Crippen LogP contribution in [0, 0.1) is 17.8 Å². The SMILES string of the molecule is CCC(C)CCCCCCCCCCC(=O)O[C@@H](COC(=O)CCCCCCCCCCCCCCCCCCCCC(C)C)COC(=O)CCCCCCCCCCC(C)C. The van der Waals surface area contributed by atoms with Gasteiger partial charge < -0.3 is 14.2 Å². The molecule has 0 aliphatic carbocycles. The second-order valence-corrected chi connectivity index (χ2v) is 20.4. The number of ether oxygens (including phenoxy) is 3. The summed E-state index contributed by atoms with van der Waals surface area (Å²) in [7, 11) is 0. The van der Waals surface area contributed by atoms with Gasteiger partial charge in [-0.3, -0.25) is 14.4 Å². The molecular weight excluding hydrogens is 769 g/mol. The van der Waals surface area contributed by atoms with Crippen molar-refractivity contribution in [3.8, 4) is 0 Å². The highest BCUT2D eigenvalue weighted by atomic mass is 16.6. The number of unbranched alkanes of at least 4 members (excludes halogenated alkanes) is 31. The van der Waals surface area contributed by atoms with Crippen LogP contribution in [0.2, 0.25) is 0 Å². The number of carbonyl (C=O) groups is 3. The first-order valence-electron chi connectivity index (χ1n) is 27.6. The predicted molar refractivity (Wildman–Crippen MR) is 266 cm³/mol. The Bertz CT molecular complexity index is 962. The van der Waals surface area contributed by atoms with Gasteiger partial charge in [0.05, 0.1) is 0 Å². The molecule has 368 valence electrons. The van der Waals surface area contributed by atoms with Gasteiger partial charge in [0, 0.05) is 19.3 Å². The largest absolute Gasteiger partial charge is 0.462 e. The van der Waals surface area contributed by atoms with Gasteiger partial charge in [0.2, 0.25) is 0 Å². The van der Waals surface area contributed by atoms with Crippen molar-refractivity contribution in [2.24, 2.45) is 17.8 Å². The average molecular weight is 877 g/mol. The van der Waals surface area contributed by atoms with Crippen LogP contribution in [-0.2, 0) is 28.6 Å². The fourth-order valence-corrected chi connectivity index (χ4v) is 8.44. The van der Waals surface area contributed by atoms with Crippen molar-refractivity contribution in [1.82, 2.24) is 0 Å². The molecule has 0 saturated carbocycles. The molecule has 0 aromatic heterocycles. The van der Waals surface area contributed by atoms with E-state index in [-0.39, 0.29) is 31.1 Å². The summed E-state index contributed by atoms with van der Waals surface area (Å²) in [6.45, 7) is 13.7. The standard InChI is InChI=1S/C56H108O6/c1-7-52(6)44-38-32-26-21-23-29-35-41-47-56(59)62-53(49-61-55(58)46-40-34-28-22-20-25-31-37-43-51(4)5)48-60-54(57)45-39-33-27-19-17-15-13-11-9-8-10-12-14-16-18-24-30-36-42-50(2)3/h50-53H,7-49H2,1-6H3/t52?,53-/m0/s1. The van der Waals surface area contributed by atoms with E-state index in [1.54, 1.807) is 0 Å². The molecule has 0 radical (unpaired) electrons. The molecule has 0 rings (SSSR count). The summed E-state index contributed by atoms with van der Waals surface area (Å²) in [5.74, 6) is 1.65. The van der Waals surface area contributed by atoms with Crippen molar-refractivity contribution in [1.29, 1.82) is 0 Å². The fraction of sp³-hybridized carbons (Fsp3) is 0.946. The first kappa shape index (κ1) is 60.4. The quantitative estimate of drug-likeness (QED) is 0.0344. The lowest BCUT2D eigenvalue weighted by atomic mass is 9.99. The van der Waals surface area contributed by atoms with Crippen LogP contribution >= 0.6 is 0 Å². The third-order valence-electron chi connectivity index (χ3n) is 13.0. The van der Waals surface area contributed by atoms with Crippen molar-refractivity contribution in [2.75, 3.05) is 13.2 Å². The molecule has 0 heterocycles. The minimum Gasteiger partial charge on any atom is -0.462 e. The molecule has 0 amide bonds. The first-order valence-corrected chi connectivity index (χ1v) is 27.6. The van der Waals surface area contributed by atoms with Crippen molar-refractivity contribution in [3.63, 3.8) is 0 Å². The molecule has 0 bridgehead atoms. The predicted octanol–water partition coefficient (Wildman–Crippen LogP) is 17.9. The smallest absolute Gasteiger partial charge is 0.306 e. The third kappa shape index (κ3) is 47.9. The minimum atomic E-state index is -0.763. The van der Waals surface area contributed by atoms with Crippen LogP contribution in [-0.4, -0.2) is 37.2 Å². The first-order chi connectivity index (χ1) is 30.1. The van der Waals surface area contributed by atoms with Crippen LogP contribution in [0.1, 0.15) is 305 Å². The molecule has 0 N–H and O–H groups in total. The van der Waals surface area contributed by atoms with E-state index >= 15 is 0 Å². The number of carbonyl (C=O) groups excluding carboxylic acids is 3. The second-order valence-electron chi connectivity index (χ2n) is 20.4. The lowest BCUT2D eigenvalue weighted by molar-refractivity contribution is -0.167. The zero-order valence-corrected chi connectivity index (χ0v) is 42.7. The maximum Gasteiger partial charge on any atom is 0.306 e. The van der Waals surface area contributed by atoms with E-state index < -0.39 is 6.10 Å². The van der Waals surface area contributed by atoms with E-state index in [1.165, 1.54) is 186 Å². The Balaban J connectivity index is 4.21. The summed E-state index contributed by atoms with van der Waals surface area (Å²) in [6, 6.07) is 0. The van der Waals surface area contributed by atoms with Crippen molar-refractivity contribution in [2.45, 2.75) is 311 Å². The van der Waals surface area contributed by atoms with Crippen LogP contribution in [0.4, 0.5) is 0 Å². The summed E-state index contributed by atoms with van der Waals surface area (Å²) in [5, 5.41) is 0. The van der Waals surface area contributed by atoms with Crippen LogP contribution < -0.4 is 0 Å². The monoisotopic (exact) mass is 877 g/mol. The highest BCUT2D eigenvalue weighted by Crippen LogP contribution is 2.18. The second kappa shape index (κ2) is 47.4. The highest BCUT2D eigenvalue weighted by Gasteiger charge is 2.19. The molecule has 0 saturated heterocycles. The Labute approximate surface area is 387 Å². The van der Waals surface area contributed by atoms with Gasteiger partial charge in [-0.1, -0.05) is 266 Å². The molecule has 0 aromatic rings. The molecule has 0 aromatic carbocycles. The lowest BCUT2D eigenvalue weighted by Gasteiger charge is -2.18. The maximum absolute atomic E-state index is 12.8. The molecule has 0 aliphatic heterocycles. The molecule has 6 nitrogen and oxygen atoms in total. The number of hydrogen-bond acceptors (Lipinski definition) is 6. The molecular formula is C56H108O6. The van der Waals surface area contributed by atoms with Crippen LogP contribution in [0.15, 0.2) is 0 Å². The normalized spacial score (nSPS) is 12.6. The Kier molecular flexibility index (Phi) is 46.2. The average Bonchev–Trinajstić information content (AvgIpc) is 3.24. The summed E-state index contributed by atoms with van der Waals surface area (Å²) in [4.78, 5) is 38.0. The third-order valence-corrected chi connectivity index (χ3v) is 13.0. The fourth-order valence-electron chi connectivity index (χ4n) is 8.44. The van der Waals surface area contributed by atoms with Crippen molar-refractivity contribution in [3.05, 3.63) is 0 Å². The van der Waals surface area contributed by atoms with Gasteiger partial charge in [0.1, 0.15) is 13.2 Å².